The minimum absolute atomic E-state index is 0. The van der Waals surface area contributed by atoms with Crippen molar-refractivity contribution in [3.05, 3.63) is 30.1 Å². The Bertz CT molecular complexity index is 726. The van der Waals surface area contributed by atoms with Crippen molar-refractivity contribution in [2.24, 2.45) is 5.92 Å². The van der Waals surface area contributed by atoms with Gasteiger partial charge in [0.1, 0.15) is 5.82 Å². The summed E-state index contributed by atoms with van der Waals surface area (Å²) >= 11 is 0. The number of piperidine rings is 1. The average molecular weight is 415 g/mol. The maximum absolute atomic E-state index is 12.4. The number of hydrogen-bond donors (Lipinski definition) is 2. The van der Waals surface area contributed by atoms with Gasteiger partial charge >= 0.3 is 0 Å². The minimum atomic E-state index is -0.0877. The Kier molecular flexibility index (Phi) is 9.57. The highest BCUT2D eigenvalue weighted by molar-refractivity contribution is 5.85. The van der Waals surface area contributed by atoms with Crippen molar-refractivity contribution in [2.75, 3.05) is 13.1 Å². The molecule has 0 saturated carbocycles. The lowest BCUT2D eigenvalue weighted by Gasteiger charge is -2.23. The van der Waals surface area contributed by atoms with Crippen LogP contribution in [-0.4, -0.2) is 28.5 Å². The Balaban J connectivity index is 0.00000182. The summed E-state index contributed by atoms with van der Waals surface area (Å²) in [5.74, 6) is 1.75. The predicted octanol–water partition coefficient (Wildman–Crippen LogP) is 4.42. The van der Waals surface area contributed by atoms with Crippen LogP contribution in [-0.2, 0) is 4.79 Å². The summed E-state index contributed by atoms with van der Waals surface area (Å²) in [6.07, 6.45) is 3.97. The maximum Gasteiger partial charge on any atom is 0.220 e. The van der Waals surface area contributed by atoms with Gasteiger partial charge in [-0.15, -0.1) is 24.8 Å². The smallest absolute Gasteiger partial charge is 0.220 e. The number of nitrogens with one attached hydrogen (secondary N) is 2. The fraction of sp³-hybridized carbons (Fsp3) is 0.600. The Morgan fingerprint density at radius 3 is 2.56 bits per heavy atom. The Morgan fingerprint density at radius 2 is 1.89 bits per heavy atom. The van der Waals surface area contributed by atoms with Gasteiger partial charge in [0.15, 0.2) is 0 Å². The van der Waals surface area contributed by atoms with Crippen LogP contribution in [0.5, 0.6) is 0 Å². The highest BCUT2D eigenvalue weighted by Gasteiger charge is 2.20. The molecule has 1 fully saturated rings. The number of hydrogen-bond acceptors (Lipinski definition) is 3. The molecule has 152 valence electrons. The number of benzene rings is 1. The van der Waals surface area contributed by atoms with Gasteiger partial charge in [-0.05, 0) is 71.2 Å². The highest BCUT2D eigenvalue weighted by Crippen LogP contribution is 2.25. The van der Waals surface area contributed by atoms with Crippen molar-refractivity contribution in [3.63, 3.8) is 0 Å². The third-order valence-electron chi connectivity index (χ3n) is 5.14. The number of carbonyl (C=O) groups excluding carboxylic acids is 1. The van der Waals surface area contributed by atoms with Crippen molar-refractivity contribution in [1.29, 1.82) is 0 Å². The Hall–Kier alpha value is -1.30. The molecule has 0 spiro atoms. The first-order chi connectivity index (χ1) is 12.1. The van der Waals surface area contributed by atoms with E-state index in [1.165, 1.54) is 12.8 Å². The van der Waals surface area contributed by atoms with Crippen LogP contribution in [0.3, 0.4) is 0 Å². The van der Waals surface area contributed by atoms with Gasteiger partial charge < -0.3 is 15.2 Å². The number of aromatic nitrogens is 2. The van der Waals surface area contributed by atoms with Crippen molar-refractivity contribution in [2.45, 2.75) is 58.5 Å². The van der Waals surface area contributed by atoms with Crippen LogP contribution in [0.2, 0.25) is 0 Å². The van der Waals surface area contributed by atoms with Crippen LogP contribution in [0.15, 0.2) is 24.3 Å². The number of rotatable bonds is 6. The van der Waals surface area contributed by atoms with Gasteiger partial charge in [-0.1, -0.05) is 12.1 Å². The Morgan fingerprint density at radius 1 is 1.22 bits per heavy atom. The molecule has 0 aliphatic carbocycles. The largest absolute Gasteiger partial charge is 0.346 e. The van der Waals surface area contributed by atoms with Gasteiger partial charge in [0, 0.05) is 12.5 Å². The van der Waals surface area contributed by atoms with Crippen LogP contribution >= 0.6 is 24.8 Å². The molecule has 1 aliphatic heterocycles. The number of halogens is 2. The Labute approximate surface area is 174 Å². The first kappa shape index (κ1) is 23.7. The van der Waals surface area contributed by atoms with Crippen molar-refractivity contribution in [1.82, 2.24) is 20.2 Å². The van der Waals surface area contributed by atoms with E-state index in [-0.39, 0.29) is 36.8 Å². The number of fused-ring (bicyclic) bond motifs is 1. The lowest BCUT2D eigenvalue weighted by atomic mass is 9.93. The number of nitrogens with zero attached hydrogens (tertiary/aromatic N) is 2. The van der Waals surface area contributed by atoms with E-state index in [0.29, 0.717) is 18.4 Å². The standard InChI is InChI=1S/C20H30N4O.2ClH/c1-14(2)24-18-7-5-4-6-17(18)23-20(24)15(3)22-19(25)9-8-16-10-12-21-13-11-16;;/h4-7,14-16,21H,8-13H2,1-3H3,(H,22,25);2*1H. The highest BCUT2D eigenvalue weighted by atomic mass is 35.5. The van der Waals surface area contributed by atoms with Crippen LogP contribution < -0.4 is 10.6 Å². The van der Waals surface area contributed by atoms with E-state index in [2.05, 4.69) is 35.1 Å². The molecule has 1 aromatic heterocycles. The summed E-state index contributed by atoms with van der Waals surface area (Å²) in [6.45, 7) is 8.51. The van der Waals surface area contributed by atoms with Crippen molar-refractivity contribution in [3.8, 4) is 0 Å². The number of imidazole rings is 1. The van der Waals surface area contributed by atoms with E-state index in [9.17, 15) is 4.79 Å². The van der Waals surface area contributed by atoms with Gasteiger partial charge in [-0.3, -0.25) is 4.79 Å². The summed E-state index contributed by atoms with van der Waals surface area (Å²) < 4.78 is 2.23. The molecule has 7 heteroatoms. The number of para-hydroxylation sites is 2. The predicted molar refractivity (Wildman–Crippen MR) is 116 cm³/mol. The molecule has 1 saturated heterocycles. The molecule has 0 radical (unpaired) electrons. The third-order valence-corrected chi connectivity index (χ3v) is 5.14. The van der Waals surface area contributed by atoms with Crippen LogP contribution in [0.25, 0.3) is 11.0 Å². The summed E-state index contributed by atoms with van der Waals surface area (Å²) in [6, 6.07) is 8.38. The van der Waals surface area contributed by atoms with Gasteiger partial charge in [0.2, 0.25) is 5.91 Å². The molecule has 1 aliphatic rings. The van der Waals surface area contributed by atoms with Gasteiger partial charge in [0.05, 0.1) is 17.1 Å². The van der Waals surface area contributed by atoms with Crippen molar-refractivity contribution >= 4 is 41.8 Å². The number of carbonyl (C=O) groups is 1. The quantitative estimate of drug-likeness (QED) is 0.735. The molecule has 2 aromatic rings. The van der Waals surface area contributed by atoms with Gasteiger partial charge in [-0.25, -0.2) is 4.98 Å². The van der Waals surface area contributed by atoms with Gasteiger partial charge in [-0.2, -0.15) is 0 Å². The van der Waals surface area contributed by atoms with E-state index < -0.39 is 0 Å². The first-order valence-electron chi connectivity index (χ1n) is 9.53. The number of amides is 1. The molecular weight excluding hydrogens is 383 g/mol. The topological polar surface area (TPSA) is 59.0 Å². The fourth-order valence-corrected chi connectivity index (χ4v) is 3.80. The second-order valence-electron chi connectivity index (χ2n) is 7.44. The zero-order valence-corrected chi connectivity index (χ0v) is 18.0. The molecule has 2 heterocycles. The molecule has 27 heavy (non-hydrogen) atoms. The molecule has 1 amide bonds. The van der Waals surface area contributed by atoms with E-state index in [1.807, 2.05) is 25.1 Å². The third kappa shape index (κ3) is 5.84. The summed E-state index contributed by atoms with van der Waals surface area (Å²) in [7, 11) is 0. The SMILES string of the molecule is CC(NC(=O)CCC1CCNCC1)c1nc2ccccc2n1C(C)C.Cl.Cl. The summed E-state index contributed by atoms with van der Waals surface area (Å²) in [5, 5.41) is 6.53. The minimum Gasteiger partial charge on any atom is -0.346 e. The van der Waals surface area contributed by atoms with Crippen LogP contribution in [0.4, 0.5) is 0 Å². The van der Waals surface area contributed by atoms with Gasteiger partial charge in [0.25, 0.3) is 0 Å². The molecule has 5 nitrogen and oxygen atoms in total. The molecular formula is C20H32Cl2N4O. The molecule has 1 unspecified atom stereocenters. The maximum atomic E-state index is 12.4. The second kappa shape index (κ2) is 10.9. The second-order valence-corrected chi connectivity index (χ2v) is 7.44. The fourth-order valence-electron chi connectivity index (χ4n) is 3.80. The zero-order valence-electron chi connectivity index (χ0n) is 16.4. The molecule has 1 atom stereocenters. The van der Waals surface area contributed by atoms with E-state index in [0.717, 1.165) is 36.4 Å². The lowest BCUT2D eigenvalue weighted by molar-refractivity contribution is -0.122. The van der Waals surface area contributed by atoms with Crippen LogP contribution in [0.1, 0.15) is 64.4 Å². The zero-order chi connectivity index (χ0) is 17.8. The summed E-state index contributed by atoms with van der Waals surface area (Å²) in [5.41, 5.74) is 2.12. The van der Waals surface area contributed by atoms with E-state index in [4.69, 9.17) is 4.98 Å². The molecule has 0 bridgehead atoms. The summed E-state index contributed by atoms with van der Waals surface area (Å²) in [4.78, 5) is 17.2. The lowest BCUT2D eigenvalue weighted by Crippen LogP contribution is -2.31. The average Bonchev–Trinajstić information content (AvgIpc) is 3.01. The van der Waals surface area contributed by atoms with E-state index >= 15 is 0 Å². The monoisotopic (exact) mass is 414 g/mol. The molecule has 3 rings (SSSR count). The molecule has 2 N–H and O–H groups in total. The van der Waals surface area contributed by atoms with E-state index in [1.54, 1.807) is 0 Å². The normalized spacial score (nSPS) is 15.9. The molecule has 1 aromatic carbocycles. The van der Waals surface area contributed by atoms with Crippen molar-refractivity contribution < 1.29 is 4.79 Å². The van der Waals surface area contributed by atoms with Crippen LogP contribution in [0, 0.1) is 5.92 Å². The first-order valence-corrected chi connectivity index (χ1v) is 9.53.